The van der Waals surface area contributed by atoms with Crippen molar-refractivity contribution in [2.45, 2.75) is 0 Å². The summed E-state index contributed by atoms with van der Waals surface area (Å²) in [4.78, 5) is 10.6. The van der Waals surface area contributed by atoms with E-state index in [1.54, 1.807) is 0 Å². The zero-order valence-electron chi connectivity index (χ0n) is 4.51. The van der Waals surface area contributed by atoms with E-state index in [9.17, 15) is 4.79 Å². The van der Waals surface area contributed by atoms with E-state index in [-0.39, 0.29) is 4.76 Å². The van der Waals surface area contributed by atoms with Crippen molar-refractivity contribution < 1.29 is 9.53 Å². The molecule has 52 valence electrons. The maximum atomic E-state index is 10.6. The van der Waals surface area contributed by atoms with Gasteiger partial charge in [0, 0.05) is 0 Å². The van der Waals surface area contributed by atoms with Gasteiger partial charge in [-0.3, -0.25) is 0 Å². The molecule has 2 nitrogen and oxygen atoms in total. The Labute approximate surface area is 72.0 Å². The van der Waals surface area contributed by atoms with Crippen molar-refractivity contribution in [1.29, 1.82) is 0 Å². The van der Waals surface area contributed by atoms with Gasteiger partial charge in [-0.05, 0) is 0 Å². The van der Waals surface area contributed by atoms with E-state index in [2.05, 4.69) is 39.2 Å². The second kappa shape index (κ2) is 5.51. The summed E-state index contributed by atoms with van der Waals surface area (Å²) in [7, 11) is -1.64. The molecule has 0 aromatic heterocycles. The number of halogens is 2. The number of hydrogen-bond donors (Lipinski definition) is 0. The van der Waals surface area contributed by atoms with E-state index in [4.69, 9.17) is 0 Å². The first-order chi connectivity index (χ1) is 4.18. The van der Waals surface area contributed by atoms with Crippen LogP contribution in [0, 0.1) is 0 Å². The summed E-state index contributed by atoms with van der Waals surface area (Å²) in [5.41, 5.74) is 0. The van der Waals surface area contributed by atoms with E-state index in [0.717, 1.165) is 0 Å². The molecule has 0 aromatic carbocycles. The Hall–Kier alpha value is 0.728. The average Bonchev–Trinajstić information content (AvgIpc) is 1.82. The molecule has 0 rings (SSSR count). The van der Waals surface area contributed by atoms with Crippen LogP contribution in [0.3, 0.4) is 0 Å². The summed E-state index contributed by atoms with van der Waals surface area (Å²) < 4.78 is 4.47. The van der Waals surface area contributed by atoms with Gasteiger partial charge in [0.2, 0.25) is 0 Å². The fraction of sp³-hybridized carbons (Fsp3) is 0.250. The van der Waals surface area contributed by atoms with Crippen LogP contribution in [0.15, 0.2) is 12.7 Å². The SMILES string of the molecule is C=CCOC(=O)[As](Br)Br. The molecule has 9 heavy (non-hydrogen) atoms. The van der Waals surface area contributed by atoms with Crippen LogP contribution in [0.5, 0.6) is 0 Å². The topological polar surface area (TPSA) is 26.3 Å². The van der Waals surface area contributed by atoms with Crippen molar-refractivity contribution in [3.63, 3.8) is 0 Å². The predicted octanol–water partition coefficient (Wildman–Crippen LogP) is 2.17. The van der Waals surface area contributed by atoms with Gasteiger partial charge < -0.3 is 0 Å². The van der Waals surface area contributed by atoms with E-state index < -0.39 is 10.9 Å². The van der Waals surface area contributed by atoms with Crippen molar-refractivity contribution in [3.8, 4) is 0 Å². The molecule has 0 atom stereocenters. The Morgan fingerprint density at radius 2 is 2.33 bits per heavy atom. The van der Waals surface area contributed by atoms with Gasteiger partial charge in [0.1, 0.15) is 0 Å². The van der Waals surface area contributed by atoms with Gasteiger partial charge in [-0.1, -0.05) is 0 Å². The fourth-order valence-corrected chi connectivity index (χ4v) is 1.60. The zero-order valence-corrected chi connectivity index (χ0v) is 9.56. The quantitative estimate of drug-likeness (QED) is 0.589. The molecule has 0 aliphatic carbocycles. The molecule has 0 radical (unpaired) electrons. The normalized spacial score (nSPS) is 9.22. The second-order valence-corrected chi connectivity index (χ2v) is 15.2. The Morgan fingerprint density at radius 3 is 2.67 bits per heavy atom. The van der Waals surface area contributed by atoms with Gasteiger partial charge in [0.25, 0.3) is 0 Å². The number of hydrogen-bond acceptors (Lipinski definition) is 2. The summed E-state index contributed by atoms with van der Waals surface area (Å²) in [6, 6.07) is 0. The van der Waals surface area contributed by atoms with Crippen molar-refractivity contribution in [2.24, 2.45) is 0 Å². The van der Waals surface area contributed by atoms with E-state index in [1.165, 1.54) is 6.08 Å². The molecule has 0 saturated heterocycles. The Morgan fingerprint density at radius 1 is 1.78 bits per heavy atom. The first-order valence-corrected chi connectivity index (χ1v) is 11.8. The third-order valence-electron chi connectivity index (χ3n) is 0.463. The molecule has 5 heteroatoms. The van der Waals surface area contributed by atoms with Crippen molar-refractivity contribution in [3.05, 3.63) is 12.7 Å². The first-order valence-electron chi connectivity index (χ1n) is 2.08. The summed E-state index contributed by atoms with van der Waals surface area (Å²) in [6.07, 6.45) is 1.54. The van der Waals surface area contributed by atoms with E-state index >= 15 is 0 Å². The van der Waals surface area contributed by atoms with Crippen molar-refractivity contribution in [1.82, 2.24) is 0 Å². The molecule has 0 amide bonds. The summed E-state index contributed by atoms with van der Waals surface area (Å²) in [6.45, 7) is 3.69. The Kier molecular flexibility index (Phi) is 5.95. The summed E-state index contributed by atoms with van der Waals surface area (Å²) >= 11 is 6.25. The van der Waals surface area contributed by atoms with Gasteiger partial charge in [-0.15, -0.1) is 0 Å². The van der Waals surface area contributed by atoms with Crippen molar-refractivity contribution in [2.75, 3.05) is 6.61 Å². The van der Waals surface area contributed by atoms with Crippen LogP contribution in [-0.4, -0.2) is 22.3 Å². The molecule has 0 heterocycles. The molecule has 0 bridgehead atoms. The number of rotatable bonds is 3. The third-order valence-corrected chi connectivity index (χ3v) is 4.32. The minimum atomic E-state index is -1.64. The minimum absolute atomic E-state index is 0.192. The van der Waals surface area contributed by atoms with E-state index in [0.29, 0.717) is 6.61 Å². The Bertz CT molecular complexity index is 115. The van der Waals surface area contributed by atoms with Crippen LogP contribution < -0.4 is 0 Å². The van der Waals surface area contributed by atoms with Crippen LogP contribution in [0.1, 0.15) is 0 Å². The fourth-order valence-electron chi connectivity index (χ4n) is 0.179. The Balaban J connectivity index is 3.38. The summed E-state index contributed by atoms with van der Waals surface area (Å²) in [5.74, 6) is 0. The van der Waals surface area contributed by atoms with E-state index in [1.807, 2.05) is 0 Å². The molecular formula is C4H5AsBr2O2. The van der Waals surface area contributed by atoms with Gasteiger partial charge in [0.15, 0.2) is 0 Å². The average molecular weight is 320 g/mol. The second-order valence-electron chi connectivity index (χ2n) is 1.10. The third kappa shape index (κ3) is 5.19. The zero-order chi connectivity index (χ0) is 7.28. The molecule has 0 fully saturated rings. The molecule has 0 aliphatic heterocycles. The van der Waals surface area contributed by atoms with Gasteiger partial charge in [-0.2, -0.15) is 0 Å². The van der Waals surface area contributed by atoms with Crippen molar-refractivity contribution >= 4 is 43.5 Å². The van der Waals surface area contributed by atoms with Crippen LogP contribution in [0.2, 0.25) is 0 Å². The molecule has 0 saturated carbocycles. The van der Waals surface area contributed by atoms with Crippen LogP contribution >= 0.6 is 27.9 Å². The molecule has 0 aromatic rings. The van der Waals surface area contributed by atoms with Crippen LogP contribution in [0.25, 0.3) is 0 Å². The number of carbonyl (C=O) groups excluding carboxylic acids is 1. The number of carbonyl (C=O) groups is 1. The van der Waals surface area contributed by atoms with Gasteiger partial charge in [0.05, 0.1) is 0 Å². The molecule has 0 spiro atoms. The van der Waals surface area contributed by atoms with Gasteiger partial charge in [-0.25, -0.2) is 0 Å². The standard InChI is InChI=1S/C4H5AsBr2O2/c1-2-3-9-4(8)5(6)7/h2H,1,3H2. The van der Waals surface area contributed by atoms with Gasteiger partial charge >= 0.3 is 72.3 Å². The predicted molar refractivity (Wildman–Crippen MR) is 45.2 cm³/mol. The maximum absolute atomic E-state index is 10.6. The first kappa shape index (κ1) is 9.73. The molecular weight excluding hydrogens is 315 g/mol. The molecule has 0 unspecified atom stereocenters. The van der Waals surface area contributed by atoms with Crippen LogP contribution in [0.4, 0.5) is 4.79 Å². The molecule has 0 aliphatic rings. The summed E-state index contributed by atoms with van der Waals surface area (Å²) in [5, 5.41) is 0. The molecule has 0 N–H and O–H groups in total. The monoisotopic (exact) mass is 318 g/mol. The number of ether oxygens (including phenoxy) is 1. The van der Waals surface area contributed by atoms with Crippen LogP contribution in [-0.2, 0) is 4.74 Å².